The van der Waals surface area contributed by atoms with Crippen molar-refractivity contribution >= 4 is 17.2 Å². The normalized spacial score (nSPS) is 23.3. The highest BCUT2D eigenvalue weighted by Gasteiger charge is 2.22. The van der Waals surface area contributed by atoms with Crippen LogP contribution in [-0.4, -0.2) is 30.5 Å². The SMILES string of the molecule is O=C(NCCc1nc(C2CCCCC2)cs1)C1CCNC1. The summed E-state index contributed by atoms with van der Waals surface area (Å²) < 4.78 is 0. The highest BCUT2D eigenvalue weighted by atomic mass is 32.1. The lowest BCUT2D eigenvalue weighted by molar-refractivity contribution is -0.124. The Hall–Kier alpha value is -0.940. The fourth-order valence-corrected chi connectivity index (χ4v) is 4.22. The maximum Gasteiger partial charge on any atom is 0.224 e. The zero-order valence-corrected chi connectivity index (χ0v) is 13.4. The number of hydrogen-bond donors (Lipinski definition) is 2. The number of nitrogens with zero attached hydrogens (tertiary/aromatic N) is 1. The average Bonchev–Trinajstić information content (AvgIpc) is 3.20. The van der Waals surface area contributed by atoms with Crippen LogP contribution in [0.4, 0.5) is 0 Å². The minimum Gasteiger partial charge on any atom is -0.355 e. The Morgan fingerprint density at radius 1 is 1.33 bits per heavy atom. The van der Waals surface area contributed by atoms with Crippen molar-refractivity contribution in [3.05, 3.63) is 16.1 Å². The lowest BCUT2D eigenvalue weighted by atomic mass is 9.87. The molecule has 1 aromatic heterocycles. The summed E-state index contributed by atoms with van der Waals surface area (Å²) in [6.45, 7) is 2.51. The number of aromatic nitrogens is 1. The van der Waals surface area contributed by atoms with Crippen molar-refractivity contribution in [1.82, 2.24) is 15.6 Å². The van der Waals surface area contributed by atoms with Crippen LogP contribution in [0.15, 0.2) is 5.38 Å². The monoisotopic (exact) mass is 307 g/mol. The lowest BCUT2D eigenvalue weighted by Gasteiger charge is -2.19. The molecular formula is C16H25N3OS. The van der Waals surface area contributed by atoms with Crippen molar-refractivity contribution in [2.75, 3.05) is 19.6 Å². The third-order valence-corrected chi connectivity index (χ3v) is 5.59. The van der Waals surface area contributed by atoms with Gasteiger partial charge in [-0.25, -0.2) is 4.98 Å². The van der Waals surface area contributed by atoms with Crippen LogP contribution in [-0.2, 0) is 11.2 Å². The van der Waals surface area contributed by atoms with Gasteiger partial charge in [-0.2, -0.15) is 0 Å². The van der Waals surface area contributed by atoms with E-state index in [-0.39, 0.29) is 11.8 Å². The fraction of sp³-hybridized carbons (Fsp3) is 0.750. The van der Waals surface area contributed by atoms with E-state index in [2.05, 4.69) is 16.0 Å². The molecule has 1 aromatic rings. The summed E-state index contributed by atoms with van der Waals surface area (Å²) in [5, 5.41) is 9.68. The van der Waals surface area contributed by atoms with Crippen LogP contribution in [0.25, 0.3) is 0 Å². The number of thiazole rings is 1. The fourth-order valence-electron chi connectivity index (χ4n) is 3.34. The Morgan fingerprint density at radius 2 is 2.19 bits per heavy atom. The highest BCUT2D eigenvalue weighted by molar-refractivity contribution is 7.09. The van der Waals surface area contributed by atoms with Crippen LogP contribution in [0, 0.1) is 5.92 Å². The first kappa shape index (κ1) is 15.0. The minimum absolute atomic E-state index is 0.166. The van der Waals surface area contributed by atoms with Gasteiger partial charge in [0.05, 0.1) is 16.6 Å². The molecule has 1 aliphatic heterocycles. The first-order chi connectivity index (χ1) is 10.3. The van der Waals surface area contributed by atoms with Gasteiger partial charge in [-0.3, -0.25) is 4.79 Å². The zero-order chi connectivity index (χ0) is 14.5. The van der Waals surface area contributed by atoms with Gasteiger partial charge < -0.3 is 10.6 Å². The number of rotatable bonds is 5. The first-order valence-electron chi connectivity index (χ1n) is 8.25. The molecule has 0 aromatic carbocycles. The van der Waals surface area contributed by atoms with Crippen molar-refractivity contribution in [3.8, 4) is 0 Å². The van der Waals surface area contributed by atoms with Crippen molar-refractivity contribution in [3.63, 3.8) is 0 Å². The predicted octanol–water partition coefficient (Wildman–Crippen LogP) is 2.46. The molecule has 1 saturated heterocycles. The summed E-state index contributed by atoms with van der Waals surface area (Å²) in [7, 11) is 0. The summed E-state index contributed by atoms with van der Waals surface area (Å²) in [4.78, 5) is 16.7. The second-order valence-corrected chi connectivity index (χ2v) is 7.17. The molecule has 2 aliphatic rings. The standard InChI is InChI=1S/C16H25N3OS/c20-16(13-6-8-17-10-13)18-9-7-15-19-14(11-21-15)12-4-2-1-3-5-12/h11-13,17H,1-10H2,(H,18,20). The number of carbonyl (C=O) groups is 1. The van der Waals surface area contributed by atoms with Crippen molar-refractivity contribution in [2.45, 2.75) is 50.9 Å². The van der Waals surface area contributed by atoms with Gasteiger partial charge in [-0.05, 0) is 25.8 Å². The van der Waals surface area contributed by atoms with Crippen molar-refractivity contribution in [2.24, 2.45) is 5.92 Å². The molecule has 21 heavy (non-hydrogen) atoms. The summed E-state index contributed by atoms with van der Waals surface area (Å²) in [5.74, 6) is 1.05. The van der Waals surface area contributed by atoms with E-state index in [1.807, 2.05) is 0 Å². The minimum atomic E-state index is 0.166. The molecular weight excluding hydrogens is 282 g/mol. The van der Waals surface area contributed by atoms with Crippen LogP contribution in [0.2, 0.25) is 0 Å². The summed E-state index contributed by atoms with van der Waals surface area (Å²) in [5.41, 5.74) is 1.29. The smallest absolute Gasteiger partial charge is 0.224 e. The van der Waals surface area contributed by atoms with Crippen LogP contribution in [0.3, 0.4) is 0 Å². The Balaban J connectivity index is 1.43. The molecule has 1 aliphatic carbocycles. The third-order valence-electron chi connectivity index (χ3n) is 4.66. The van der Waals surface area contributed by atoms with Crippen LogP contribution < -0.4 is 10.6 Å². The molecule has 2 fully saturated rings. The molecule has 3 rings (SSSR count). The van der Waals surface area contributed by atoms with E-state index < -0.39 is 0 Å². The van der Waals surface area contributed by atoms with E-state index in [0.717, 1.165) is 25.9 Å². The van der Waals surface area contributed by atoms with E-state index in [0.29, 0.717) is 12.5 Å². The van der Waals surface area contributed by atoms with E-state index in [1.54, 1.807) is 11.3 Å². The second-order valence-electron chi connectivity index (χ2n) is 6.23. The van der Waals surface area contributed by atoms with E-state index in [1.165, 1.54) is 42.8 Å². The van der Waals surface area contributed by atoms with Gasteiger partial charge in [-0.15, -0.1) is 11.3 Å². The van der Waals surface area contributed by atoms with Gasteiger partial charge in [-0.1, -0.05) is 19.3 Å². The maximum atomic E-state index is 11.9. The largest absolute Gasteiger partial charge is 0.355 e. The second kappa shape index (κ2) is 7.36. The van der Waals surface area contributed by atoms with Gasteiger partial charge in [0.15, 0.2) is 0 Å². The van der Waals surface area contributed by atoms with Crippen molar-refractivity contribution < 1.29 is 4.79 Å². The Kier molecular flexibility index (Phi) is 5.25. The van der Waals surface area contributed by atoms with E-state index >= 15 is 0 Å². The highest BCUT2D eigenvalue weighted by Crippen LogP contribution is 2.33. The molecule has 1 saturated carbocycles. The molecule has 116 valence electrons. The lowest BCUT2D eigenvalue weighted by Crippen LogP contribution is -2.33. The Morgan fingerprint density at radius 3 is 2.95 bits per heavy atom. The molecule has 2 N–H and O–H groups in total. The number of amides is 1. The number of nitrogens with one attached hydrogen (secondary N) is 2. The molecule has 0 spiro atoms. The average molecular weight is 307 g/mol. The molecule has 1 amide bonds. The first-order valence-corrected chi connectivity index (χ1v) is 9.13. The van der Waals surface area contributed by atoms with Gasteiger partial charge >= 0.3 is 0 Å². The summed E-state index contributed by atoms with van der Waals surface area (Å²) >= 11 is 1.75. The number of carbonyl (C=O) groups excluding carboxylic acids is 1. The van der Waals surface area contributed by atoms with Gasteiger partial charge in [0.1, 0.15) is 0 Å². The summed E-state index contributed by atoms with van der Waals surface area (Å²) in [6.07, 6.45) is 8.52. The topological polar surface area (TPSA) is 54.0 Å². The maximum absolute atomic E-state index is 11.9. The predicted molar refractivity (Wildman–Crippen MR) is 85.6 cm³/mol. The van der Waals surface area contributed by atoms with Gasteiger partial charge in [0, 0.05) is 30.8 Å². The Bertz CT molecular complexity index is 462. The Labute approximate surface area is 130 Å². The zero-order valence-electron chi connectivity index (χ0n) is 12.6. The molecule has 0 radical (unpaired) electrons. The molecule has 2 heterocycles. The molecule has 1 unspecified atom stereocenters. The van der Waals surface area contributed by atoms with Crippen molar-refractivity contribution in [1.29, 1.82) is 0 Å². The van der Waals surface area contributed by atoms with Gasteiger partial charge in [0.25, 0.3) is 0 Å². The molecule has 0 bridgehead atoms. The van der Waals surface area contributed by atoms with E-state index in [9.17, 15) is 4.79 Å². The van der Waals surface area contributed by atoms with Gasteiger partial charge in [0.2, 0.25) is 5.91 Å². The third kappa shape index (κ3) is 4.04. The van der Waals surface area contributed by atoms with Crippen LogP contribution in [0.5, 0.6) is 0 Å². The molecule has 4 nitrogen and oxygen atoms in total. The summed E-state index contributed by atoms with van der Waals surface area (Å²) in [6, 6.07) is 0. The number of hydrogen-bond acceptors (Lipinski definition) is 4. The molecule has 5 heteroatoms. The van der Waals surface area contributed by atoms with Crippen LogP contribution in [0.1, 0.15) is 55.1 Å². The quantitative estimate of drug-likeness (QED) is 0.878. The van der Waals surface area contributed by atoms with E-state index in [4.69, 9.17) is 4.98 Å². The molecule has 1 atom stereocenters. The van der Waals surface area contributed by atoms with Crippen LogP contribution >= 0.6 is 11.3 Å².